The van der Waals surface area contributed by atoms with Crippen LogP contribution in [0.1, 0.15) is 37.1 Å². The molecule has 0 fully saturated rings. The van der Waals surface area contributed by atoms with Crippen LogP contribution in [0.2, 0.25) is 0 Å². The van der Waals surface area contributed by atoms with Gasteiger partial charge in [0.25, 0.3) is 5.56 Å². The first-order valence-corrected chi connectivity index (χ1v) is 6.79. The van der Waals surface area contributed by atoms with Crippen LogP contribution in [0.5, 0.6) is 0 Å². The highest BCUT2D eigenvalue weighted by Crippen LogP contribution is 2.22. The average molecular weight is 268 g/mol. The van der Waals surface area contributed by atoms with Gasteiger partial charge in [-0.15, -0.1) is 0 Å². The summed E-state index contributed by atoms with van der Waals surface area (Å²) in [6.45, 7) is 4.89. The molecule has 1 aromatic heterocycles. The Balaban J connectivity index is 2.52. The summed E-state index contributed by atoms with van der Waals surface area (Å²) in [7, 11) is 0. The molecule has 0 saturated heterocycles. The van der Waals surface area contributed by atoms with Crippen LogP contribution in [0.3, 0.4) is 0 Å². The van der Waals surface area contributed by atoms with Gasteiger partial charge in [0.2, 0.25) is 5.24 Å². The fraction of sp³-hybridized carbons (Fsp3) is 0.571. The molecule has 1 aromatic rings. The summed E-state index contributed by atoms with van der Waals surface area (Å²) in [4.78, 5) is 23.4. The second-order valence-corrected chi connectivity index (χ2v) is 5.76. The smallest absolute Gasteiger partial charge is 0.254 e. The Bertz CT molecular complexity index is 531. The van der Waals surface area contributed by atoms with E-state index in [4.69, 9.17) is 11.6 Å². The van der Waals surface area contributed by atoms with Crippen LogP contribution < -0.4 is 5.56 Å². The molecule has 0 radical (unpaired) electrons. The molecule has 0 N–H and O–H groups in total. The lowest BCUT2D eigenvalue weighted by Gasteiger charge is -2.16. The van der Waals surface area contributed by atoms with Gasteiger partial charge in [-0.3, -0.25) is 9.59 Å². The first-order valence-electron chi connectivity index (χ1n) is 6.42. The largest absolute Gasteiger partial charge is 0.312 e. The maximum atomic E-state index is 12.4. The maximum Gasteiger partial charge on any atom is 0.254 e. The number of aromatic nitrogens is 1. The zero-order valence-electron chi connectivity index (χ0n) is 10.8. The van der Waals surface area contributed by atoms with Crippen molar-refractivity contribution in [2.24, 2.45) is 5.92 Å². The molecule has 1 aliphatic rings. The Labute approximate surface area is 112 Å². The minimum Gasteiger partial charge on any atom is -0.312 e. The van der Waals surface area contributed by atoms with Crippen molar-refractivity contribution in [1.82, 2.24) is 4.57 Å². The second kappa shape index (κ2) is 5.27. The van der Waals surface area contributed by atoms with E-state index in [9.17, 15) is 9.59 Å². The van der Waals surface area contributed by atoms with Crippen LogP contribution in [-0.2, 0) is 30.6 Å². The highest BCUT2D eigenvalue weighted by Gasteiger charge is 2.20. The van der Waals surface area contributed by atoms with Crippen molar-refractivity contribution >= 4 is 16.8 Å². The van der Waals surface area contributed by atoms with Crippen LogP contribution in [0, 0.1) is 5.92 Å². The number of fused-ring (bicyclic) bond motifs is 1. The number of pyridine rings is 1. The predicted molar refractivity (Wildman–Crippen MR) is 72.1 cm³/mol. The Morgan fingerprint density at radius 3 is 2.78 bits per heavy atom. The first-order chi connectivity index (χ1) is 8.49. The summed E-state index contributed by atoms with van der Waals surface area (Å²) in [6, 6.07) is 1.88. The maximum absolute atomic E-state index is 12.4. The quantitative estimate of drug-likeness (QED) is 0.786. The van der Waals surface area contributed by atoms with Gasteiger partial charge in [-0.1, -0.05) is 13.8 Å². The van der Waals surface area contributed by atoms with Crippen molar-refractivity contribution < 1.29 is 4.79 Å². The van der Waals surface area contributed by atoms with Crippen molar-refractivity contribution in [2.45, 2.75) is 46.1 Å². The van der Waals surface area contributed by atoms with Crippen molar-refractivity contribution in [2.75, 3.05) is 0 Å². The Hall–Kier alpha value is -1.09. The monoisotopic (exact) mass is 267 g/mol. The van der Waals surface area contributed by atoms with Crippen molar-refractivity contribution in [3.63, 3.8) is 0 Å². The Morgan fingerprint density at radius 2 is 2.17 bits per heavy atom. The third-order valence-electron chi connectivity index (χ3n) is 3.30. The molecule has 0 bridgehead atoms. The minimum atomic E-state index is -0.471. The fourth-order valence-corrected chi connectivity index (χ4v) is 2.76. The first kappa shape index (κ1) is 13.3. The summed E-state index contributed by atoms with van der Waals surface area (Å²) in [5.41, 5.74) is 2.86. The molecule has 0 atom stereocenters. The van der Waals surface area contributed by atoms with Crippen molar-refractivity contribution in [3.8, 4) is 0 Å². The molecule has 1 heterocycles. The minimum absolute atomic E-state index is 0.0335. The van der Waals surface area contributed by atoms with E-state index in [1.54, 1.807) is 0 Å². The number of rotatable bonds is 4. The Morgan fingerprint density at radius 1 is 1.44 bits per heavy atom. The van der Waals surface area contributed by atoms with Crippen molar-refractivity contribution in [3.05, 3.63) is 33.2 Å². The molecular weight excluding hydrogens is 250 g/mol. The van der Waals surface area contributed by atoms with E-state index in [1.807, 2.05) is 10.6 Å². The van der Waals surface area contributed by atoms with E-state index in [1.165, 1.54) is 5.56 Å². The molecule has 18 heavy (non-hydrogen) atoms. The molecule has 2 rings (SSSR count). The van der Waals surface area contributed by atoms with Crippen LogP contribution in [0.15, 0.2) is 10.9 Å². The molecule has 0 amide bonds. The summed E-state index contributed by atoms with van der Waals surface area (Å²) < 4.78 is 1.85. The van der Waals surface area contributed by atoms with Crippen LogP contribution in [0.25, 0.3) is 0 Å². The third-order valence-corrected chi connectivity index (χ3v) is 3.44. The molecule has 0 aromatic carbocycles. The number of halogens is 1. The molecule has 0 spiro atoms. The van der Waals surface area contributed by atoms with Gasteiger partial charge < -0.3 is 4.57 Å². The molecule has 1 aliphatic carbocycles. The van der Waals surface area contributed by atoms with E-state index in [0.717, 1.165) is 25.0 Å². The molecule has 4 heteroatoms. The van der Waals surface area contributed by atoms with E-state index in [-0.39, 0.29) is 12.0 Å². The molecule has 0 saturated carbocycles. The van der Waals surface area contributed by atoms with Gasteiger partial charge in [-0.05, 0) is 48.4 Å². The second-order valence-electron chi connectivity index (χ2n) is 5.34. The summed E-state index contributed by atoms with van der Waals surface area (Å²) in [6.07, 6.45) is 3.08. The fourth-order valence-electron chi connectivity index (χ4n) is 2.62. The van der Waals surface area contributed by atoms with Crippen LogP contribution >= 0.6 is 11.6 Å². The van der Waals surface area contributed by atoms with E-state index >= 15 is 0 Å². The van der Waals surface area contributed by atoms with Gasteiger partial charge in [0.1, 0.15) is 0 Å². The lowest BCUT2D eigenvalue weighted by atomic mass is 10.1. The van der Waals surface area contributed by atoms with Gasteiger partial charge in [0, 0.05) is 17.8 Å². The number of hydrogen-bond donors (Lipinski definition) is 0. The van der Waals surface area contributed by atoms with E-state index in [2.05, 4.69) is 13.8 Å². The van der Waals surface area contributed by atoms with Crippen LogP contribution in [0.4, 0.5) is 0 Å². The molecule has 0 unspecified atom stereocenters. The average Bonchev–Trinajstić information content (AvgIpc) is 2.70. The van der Waals surface area contributed by atoms with E-state index in [0.29, 0.717) is 18.0 Å². The van der Waals surface area contributed by atoms with Gasteiger partial charge >= 0.3 is 0 Å². The number of aryl methyl sites for hydroxylation is 1. The highest BCUT2D eigenvalue weighted by molar-refractivity contribution is 6.63. The summed E-state index contributed by atoms with van der Waals surface area (Å²) >= 11 is 5.41. The molecule has 98 valence electrons. The van der Waals surface area contributed by atoms with E-state index < -0.39 is 5.24 Å². The predicted octanol–water partition coefficient (Wildman–Crippen LogP) is 2.30. The van der Waals surface area contributed by atoms with Crippen molar-refractivity contribution in [1.29, 1.82) is 0 Å². The number of nitrogens with zero attached hydrogens (tertiary/aromatic N) is 1. The lowest BCUT2D eigenvalue weighted by Crippen LogP contribution is -2.29. The van der Waals surface area contributed by atoms with Gasteiger partial charge in [0.15, 0.2) is 0 Å². The topological polar surface area (TPSA) is 39.1 Å². The third kappa shape index (κ3) is 2.66. The highest BCUT2D eigenvalue weighted by atomic mass is 35.5. The summed E-state index contributed by atoms with van der Waals surface area (Å²) in [5, 5.41) is -0.471. The van der Waals surface area contributed by atoms with Gasteiger partial charge in [-0.25, -0.2) is 0 Å². The molecular formula is C14H18ClNO2. The SMILES string of the molecule is CC(C)Cn1c2c(cc(CC(=O)Cl)c1=O)CCC2. The molecule has 0 aliphatic heterocycles. The zero-order chi connectivity index (χ0) is 13.3. The molecule has 3 nitrogen and oxygen atoms in total. The van der Waals surface area contributed by atoms with Crippen LogP contribution in [-0.4, -0.2) is 9.81 Å². The lowest BCUT2D eigenvalue weighted by molar-refractivity contribution is -0.111. The normalized spacial score (nSPS) is 14.0. The van der Waals surface area contributed by atoms with Gasteiger partial charge in [0.05, 0.1) is 6.42 Å². The standard InChI is InChI=1S/C14H18ClNO2/c1-9(2)8-16-12-5-3-4-10(12)6-11(14(16)18)7-13(15)17/h6,9H,3-5,7-8H2,1-2H3. The number of carbonyl (C=O) groups excluding carboxylic acids is 1. The summed E-state index contributed by atoms with van der Waals surface area (Å²) in [5.74, 6) is 0.411. The Kier molecular flexibility index (Phi) is 3.91. The van der Waals surface area contributed by atoms with Gasteiger partial charge in [-0.2, -0.15) is 0 Å². The zero-order valence-corrected chi connectivity index (χ0v) is 11.6. The number of hydrogen-bond acceptors (Lipinski definition) is 2. The number of carbonyl (C=O) groups is 1.